The zero-order valence-corrected chi connectivity index (χ0v) is 12.8. The summed E-state index contributed by atoms with van der Waals surface area (Å²) < 4.78 is 12.8. The van der Waals surface area contributed by atoms with Gasteiger partial charge in [0, 0.05) is 10.7 Å². The second-order valence-corrected chi connectivity index (χ2v) is 6.21. The molecule has 20 heavy (non-hydrogen) atoms. The molecule has 0 spiro atoms. The maximum atomic E-state index is 12.1. The standard InChI is InChI=1S/C13H12BrN3O2S/c14-9-3-1-2-4-11(9)17-13(18)8-20(19)12-5-6-16-7-10(12)15/h1-7H,8,15H2,(H,17,18). The molecule has 0 aliphatic rings. The third-order valence-corrected chi connectivity index (χ3v) is 4.54. The maximum absolute atomic E-state index is 12.1. The fourth-order valence-electron chi connectivity index (χ4n) is 1.55. The lowest BCUT2D eigenvalue weighted by atomic mass is 10.3. The number of amides is 1. The van der Waals surface area contributed by atoms with Crippen LogP contribution in [0.3, 0.4) is 0 Å². The molecule has 7 heteroatoms. The van der Waals surface area contributed by atoms with E-state index >= 15 is 0 Å². The van der Waals surface area contributed by atoms with Gasteiger partial charge in [-0.2, -0.15) is 0 Å². The molecule has 1 heterocycles. The smallest absolute Gasteiger partial charge is 0.237 e. The van der Waals surface area contributed by atoms with E-state index in [0.717, 1.165) is 4.47 Å². The molecule has 1 aromatic carbocycles. The summed E-state index contributed by atoms with van der Waals surface area (Å²) in [5.74, 6) is -0.498. The maximum Gasteiger partial charge on any atom is 0.237 e. The number of carbonyl (C=O) groups excluding carboxylic acids is 1. The molecule has 0 aliphatic carbocycles. The van der Waals surface area contributed by atoms with E-state index in [1.165, 1.54) is 12.4 Å². The molecular formula is C13H12BrN3O2S. The number of para-hydroxylation sites is 1. The molecule has 0 fully saturated rings. The Morgan fingerprint density at radius 1 is 1.35 bits per heavy atom. The lowest BCUT2D eigenvalue weighted by Crippen LogP contribution is -2.20. The first-order chi connectivity index (χ1) is 9.58. The summed E-state index contributed by atoms with van der Waals surface area (Å²) in [6, 6.07) is 8.77. The Kier molecular flexibility index (Phi) is 4.86. The van der Waals surface area contributed by atoms with Gasteiger partial charge in [0.05, 0.1) is 33.3 Å². The van der Waals surface area contributed by atoms with Gasteiger partial charge in [0.2, 0.25) is 5.91 Å². The van der Waals surface area contributed by atoms with Crippen molar-refractivity contribution in [2.75, 3.05) is 16.8 Å². The minimum atomic E-state index is -1.50. The first kappa shape index (κ1) is 14.7. The average Bonchev–Trinajstić information content (AvgIpc) is 2.41. The number of halogens is 1. The molecule has 3 N–H and O–H groups in total. The number of hydrogen-bond acceptors (Lipinski definition) is 4. The van der Waals surface area contributed by atoms with E-state index in [1.807, 2.05) is 12.1 Å². The van der Waals surface area contributed by atoms with Crippen LogP contribution in [-0.2, 0) is 15.6 Å². The number of hydrogen-bond donors (Lipinski definition) is 2. The summed E-state index contributed by atoms with van der Waals surface area (Å²) in [4.78, 5) is 16.1. The van der Waals surface area contributed by atoms with Gasteiger partial charge in [-0.15, -0.1) is 0 Å². The topological polar surface area (TPSA) is 85.1 Å². The van der Waals surface area contributed by atoms with Crippen LogP contribution in [0.15, 0.2) is 52.1 Å². The summed E-state index contributed by atoms with van der Waals surface area (Å²) in [7, 11) is -1.50. The van der Waals surface area contributed by atoms with Crippen molar-refractivity contribution in [2.45, 2.75) is 4.90 Å². The highest BCUT2D eigenvalue weighted by Gasteiger charge is 2.13. The van der Waals surface area contributed by atoms with E-state index in [2.05, 4.69) is 26.2 Å². The highest BCUT2D eigenvalue weighted by Crippen LogP contribution is 2.21. The molecule has 0 saturated carbocycles. The SMILES string of the molecule is Nc1cnccc1S(=O)CC(=O)Nc1ccccc1Br. The number of anilines is 2. The summed E-state index contributed by atoms with van der Waals surface area (Å²) in [6.45, 7) is 0. The van der Waals surface area contributed by atoms with Gasteiger partial charge in [-0.1, -0.05) is 12.1 Å². The van der Waals surface area contributed by atoms with Crippen LogP contribution in [0.1, 0.15) is 0 Å². The summed E-state index contributed by atoms with van der Waals surface area (Å²) in [5, 5.41) is 2.70. The van der Waals surface area contributed by atoms with Crippen molar-refractivity contribution in [3.8, 4) is 0 Å². The van der Waals surface area contributed by atoms with Crippen molar-refractivity contribution < 1.29 is 9.00 Å². The number of rotatable bonds is 4. The molecule has 1 atom stereocenters. The quantitative estimate of drug-likeness (QED) is 0.881. The minimum absolute atomic E-state index is 0.157. The van der Waals surface area contributed by atoms with Gasteiger partial charge in [0.25, 0.3) is 0 Å². The van der Waals surface area contributed by atoms with Crippen molar-refractivity contribution in [1.29, 1.82) is 0 Å². The van der Waals surface area contributed by atoms with E-state index in [4.69, 9.17) is 5.73 Å². The summed E-state index contributed by atoms with van der Waals surface area (Å²) >= 11 is 3.33. The first-order valence-electron chi connectivity index (χ1n) is 5.70. The second kappa shape index (κ2) is 6.62. The number of aromatic nitrogens is 1. The van der Waals surface area contributed by atoms with E-state index in [-0.39, 0.29) is 11.7 Å². The lowest BCUT2D eigenvalue weighted by molar-refractivity contribution is -0.113. The van der Waals surface area contributed by atoms with Gasteiger partial charge in [0.15, 0.2) is 0 Å². The number of carbonyl (C=O) groups is 1. The van der Waals surface area contributed by atoms with Gasteiger partial charge in [0.1, 0.15) is 5.75 Å². The number of benzene rings is 1. The summed E-state index contributed by atoms with van der Waals surface area (Å²) in [6.07, 6.45) is 2.91. The van der Waals surface area contributed by atoms with E-state index in [9.17, 15) is 9.00 Å². The first-order valence-corrected chi connectivity index (χ1v) is 7.81. The third-order valence-electron chi connectivity index (χ3n) is 2.47. The van der Waals surface area contributed by atoms with Gasteiger partial charge < -0.3 is 11.1 Å². The van der Waals surface area contributed by atoms with Crippen LogP contribution in [0, 0.1) is 0 Å². The number of nitrogens with one attached hydrogen (secondary N) is 1. The zero-order valence-electron chi connectivity index (χ0n) is 10.4. The third kappa shape index (κ3) is 3.64. The molecular weight excluding hydrogens is 342 g/mol. The Balaban J connectivity index is 2.04. The van der Waals surface area contributed by atoms with Crippen molar-refractivity contribution in [2.24, 2.45) is 0 Å². The average molecular weight is 354 g/mol. The number of nitrogens with zero attached hydrogens (tertiary/aromatic N) is 1. The van der Waals surface area contributed by atoms with Crippen LogP contribution in [0.25, 0.3) is 0 Å². The largest absolute Gasteiger partial charge is 0.396 e. The second-order valence-electron chi connectivity index (χ2n) is 3.93. The number of nitrogens with two attached hydrogens (primary N) is 1. The van der Waals surface area contributed by atoms with Crippen LogP contribution < -0.4 is 11.1 Å². The van der Waals surface area contributed by atoms with E-state index in [0.29, 0.717) is 16.3 Å². The fraction of sp³-hybridized carbons (Fsp3) is 0.0769. The Hall–Kier alpha value is -1.73. The minimum Gasteiger partial charge on any atom is -0.396 e. The van der Waals surface area contributed by atoms with Crippen LogP contribution >= 0.6 is 15.9 Å². The molecule has 2 aromatic rings. The van der Waals surface area contributed by atoms with Crippen molar-refractivity contribution >= 4 is 44.0 Å². The van der Waals surface area contributed by atoms with Gasteiger partial charge in [-0.3, -0.25) is 14.0 Å². The molecule has 0 aliphatic heterocycles. The molecule has 1 unspecified atom stereocenters. The highest BCUT2D eigenvalue weighted by atomic mass is 79.9. The Bertz CT molecular complexity index is 664. The summed E-state index contributed by atoms with van der Waals surface area (Å²) in [5.41, 5.74) is 6.63. The Morgan fingerprint density at radius 2 is 2.10 bits per heavy atom. The Labute approximate surface area is 127 Å². The molecule has 0 radical (unpaired) electrons. The van der Waals surface area contributed by atoms with E-state index in [1.54, 1.807) is 18.2 Å². The van der Waals surface area contributed by atoms with Gasteiger partial charge >= 0.3 is 0 Å². The van der Waals surface area contributed by atoms with Crippen LogP contribution in [0.2, 0.25) is 0 Å². The molecule has 104 valence electrons. The molecule has 0 bridgehead atoms. The Morgan fingerprint density at radius 3 is 2.80 bits per heavy atom. The fourth-order valence-corrected chi connectivity index (χ4v) is 2.92. The monoisotopic (exact) mass is 353 g/mol. The van der Waals surface area contributed by atoms with Crippen LogP contribution in [0.5, 0.6) is 0 Å². The van der Waals surface area contributed by atoms with Gasteiger partial charge in [-0.25, -0.2) is 0 Å². The normalized spacial score (nSPS) is 11.8. The molecule has 1 aromatic heterocycles. The van der Waals surface area contributed by atoms with Crippen molar-refractivity contribution in [1.82, 2.24) is 4.98 Å². The lowest BCUT2D eigenvalue weighted by Gasteiger charge is -2.08. The molecule has 5 nitrogen and oxygen atoms in total. The number of nitrogen functional groups attached to an aromatic ring is 1. The highest BCUT2D eigenvalue weighted by molar-refractivity contribution is 9.10. The van der Waals surface area contributed by atoms with Crippen molar-refractivity contribution in [3.63, 3.8) is 0 Å². The van der Waals surface area contributed by atoms with Gasteiger partial charge in [-0.05, 0) is 34.1 Å². The molecule has 2 rings (SSSR count). The predicted octanol–water partition coefficient (Wildman–Crippen LogP) is 2.17. The molecule has 0 saturated heterocycles. The van der Waals surface area contributed by atoms with Crippen LogP contribution in [0.4, 0.5) is 11.4 Å². The van der Waals surface area contributed by atoms with E-state index < -0.39 is 10.8 Å². The molecule has 1 amide bonds. The van der Waals surface area contributed by atoms with Crippen molar-refractivity contribution in [3.05, 3.63) is 47.2 Å². The predicted molar refractivity (Wildman–Crippen MR) is 82.7 cm³/mol. The van der Waals surface area contributed by atoms with Crippen LogP contribution in [-0.4, -0.2) is 20.9 Å². The number of pyridine rings is 1. The zero-order chi connectivity index (χ0) is 14.5.